The van der Waals surface area contributed by atoms with E-state index in [4.69, 9.17) is 4.74 Å². The summed E-state index contributed by atoms with van der Waals surface area (Å²) in [7, 11) is 0. The van der Waals surface area contributed by atoms with Crippen LogP contribution in [0.2, 0.25) is 0 Å². The molecule has 0 radical (unpaired) electrons. The van der Waals surface area contributed by atoms with Crippen molar-refractivity contribution < 1.29 is 9.53 Å². The Morgan fingerprint density at radius 1 is 0.781 bits per heavy atom. The van der Waals surface area contributed by atoms with Crippen LogP contribution in [0.25, 0.3) is 22.3 Å². The van der Waals surface area contributed by atoms with Gasteiger partial charge in [0.15, 0.2) is 0 Å². The summed E-state index contributed by atoms with van der Waals surface area (Å²) in [5.41, 5.74) is 7.33. The van der Waals surface area contributed by atoms with Gasteiger partial charge in [0.25, 0.3) is 0 Å². The standard InChI is InChI=1S/C30H36O2/c1-4-5-6-7-8-10-13-25-16-21-29(30(22-25)27-14-11-9-12-15-27)28-19-17-26(18-20-28)23(2)32-24(3)31/h9,11-12,14-23H,4-8,10,13H2,1-3H3. The summed E-state index contributed by atoms with van der Waals surface area (Å²) in [6, 6.07) is 25.9. The minimum atomic E-state index is -0.256. The van der Waals surface area contributed by atoms with Crippen molar-refractivity contribution in [2.24, 2.45) is 0 Å². The Labute approximate surface area is 193 Å². The van der Waals surface area contributed by atoms with Crippen LogP contribution < -0.4 is 0 Å². The summed E-state index contributed by atoms with van der Waals surface area (Å²) in [6.45, 7) is 5.62. The zero-order valence-corrected chi connectivity index (χ0v) is 19.8. The minimum Gasteiger partial charge on any atom is -0.458 e. The third-order valence-electron chi connectivity index (χ3n) is 6.02. The first kappa shape index (κ1) is 23.8. The van der Waals surface area contributed by atoms with Crippen molar-refractivity contribution in [1.82, 2.24) is 0 Å². The highest BCUT2D eigenvalue weighted by Gasteiger charge is 2.12. The predicted octanol–water partition coefficient (Wildman–Crippen LogP) is 8.55. The molecule has 0 aliphatic rings. The average molecular weight is 429 g/mol. The van der Waals surface area contributed by atoms with Crippen LogP contribution in [0.15, 0.2) is 72.8 Å². The number of aryl methyl sites for hydroxylation is 1. The fourth-order valence-corrected chi connectivity index (χ4v) is 4.22. The van der Waals surface area contributed by atoms with Gasteiger partial charge in [-0.25, -0.2) is 0 Å². The number of hydrogen-bond acceptors (Lipinski definition) is 2. The molecule has 1 unspecified atom stereocenters. The summed E-state index contributed by atoms with van der Waals surface area (Å²) in [4.78, 5) is 11.3. The lowest BCUT2D eigenvalue weighted by molar-refractivity contribution is -0.145. The number of rotatable bonds is 11. The topological polar surface area (TPSA) is 26.3 Å². The quantitative estimate of drug-likeness (QED) is 0.226. The Morgan fingerprint density at radius 2 is 1.44 bits per heavy atom. The van der Waals surface area contributed by atoms with Gasteiger partial charge in [-0.1, -0.05) is 112 Å². The maximum Gasteiger partial charge on any atom is 0.303 e. The third kappa shape index (κ3) is 6.82. The number of benzene rings is 3. The highest BCUT2D eigenvalue weighted by atomic mass is 16.5. The van der Waals surface area contributed by atoms with E-state index in [1.165, 1.54) is 73.3 Å². The van der Waals surface area contributed by atoms with Gasteiger partial charge >= 0.3 is 5.97 Å². The zero-order chi connectivity index (χ0) is 22.8. The molecule has 0 aromatic heterocycles. The Hall–Kier alpha value is -2.87. The number of unbranched alkanes of at least 4 members (excludes halogenated alkanes) is 5. The third-order valence-corrected chi connectivity index (χ3v) is 6.02. The molecule has 0 fully saturated rings. The molecule has 2 heteroatoms. The van der Waals surface area contributed by atoms with Gasteiger partial charge in [0.2, 0.25) is 0 Å². The molecular formula is C30H36O2. The number of ether oxygens (including phenoxy) is 1. The molecule has 0 spiro atoms. The van der Waals surface area contributed by atoms with E-state index in [0.717, 1.165) is 12.0 Å². The fourth-order valence-electron chi connectivity index (χ4n) is 4.22. The molecule has 168 valence electrons. The SMILES string of the molecule is CCCCCCCCc1ccc(-c2ccc(C(C)OC(C)=O)cc2)c(-c2ccccc2)c1. The molecule has 3 rings (SSSR count). The van der Waals surface area contributed by atoms with Crippen molar-refractivity contribution in [1.29, 1.82) is 0 Å². The zero-order valence-electron chi connectivity index (χ0n) is 19.8. The van der Waals surface area contributed by atoms with Crippen LogP contribution in [0, 0.1) is 0 Å². The molecule has 32 heavy (non-hydrogen) atoms. The van der Waals surface area contributed by atoms with Crippen molar-refractivity contribution in [2.75, 3.05) is 0 Å². The molecule has 0 amide bonds. The van der Waals surface area contributed by atoms with E-state index in [2.05, 4.69) is 79.7 Å². The molecule has 0 aliphatic carbocycles. The van der Waals surface area contributed by atoms with Crippen molar-refractivity contribution in [2.45, 2.75) is 71.8 Å². The van der Waals surface area contributed by atoms with Crippen LogP contribution in [-0.4, -0.2) is 5.97 Å². The van der Waals surface area contributed by atoms with E-state index >= 15 is 0 Å². The monoisotopic (exact) mass is 428 g/mol. The second kappa shape index (κ2) is 12.2. The first-order valence-corrected chi connectivity index (χ1v) is 12.0. The molecule has 2 nitrogen and oxygen atoms in total. The van der Waals surface area contributed by atoms with Crippen molar-refractivity contribution in [3.8, 4) is 22.3 Å². The lowest BCUT2D eigenvalue weighted by Gasteiger charge is -2.15. The molecule has 3 aromatic carbocycles. The molecule has 0 heterocycles. The average Bonchev–Trinajstić information content (AvgIpc) is 2.81. The van der Waals surface area contributed by atoms with E-state index in [1.807, 2.05) is 6.92 Å². The second-order valence-electron chi connectivity index (χ2n) is 8.64. The normalized spacial score (nSPS) is 11.8. The number of esters is 1. The molecule has 1 atom stereocenters. The van der Waals surface area contributed by atoms with E-state index in [0.29, 0.717) is 0 Å². The van der Waals surface area contributed by atoms with Crippen molar-refractivity contribution in [3.05, 3.63) is 83.9 Å². The maximum atomic E-state index is 11.3. The molecule has 0 aliphatic heterocycles. The van der Waals surface area contributed by atoms with Gasteiger partial charge in [-0.15, -0.1) is 0 Å². The van der Waals surface area contributed by atoms with Crippen LogP contribution in [-0.2, 0) is 16.0 Å². The maximum absolute atomic E-state index is 11.3. The van der Waals surface area contributed by atoms with Gasteiger partial charge in [0.05, 0.1) is 0 Å². The number of hydrogen-bond donors (Lipinski definition) is 0. The predicted molar refractivity (Wildman–Crippen MR) is 135 cm³/mol. The van der Waals surface area contributed by atoms with E-state index in [1.54, 1.807) is 0 Å². The molecular weight excluding hydrogens is 392 g/mol. The first-order chi connectivity index (χ1) is 15.6. The van der Waals surface area contributed by atoms with Crippen LogP contribution in [0.3, 0.4) is 0 Å². The fraction of sp³-hybridized carbons (Fsp3) is 0.367. The smallest absolute Gasteiger partial charge is 0.303 e. The molecule has 3 aromatic rings. The van der Waals surface area contributed by atoms with Gasteiger partial charge in [-0.05, 0) is 53.1 Å². The summed E-state index contributed by atoms with van der Waals surface area (Å²) >= 11 is 0. The van der Waals surface area contributed by atoms with Gasteiger partial charge in [-0.3, -0.25) is 4.79 Å². The molecule has 0 saturated heterocycles. The summed E-state index contributed by atoms with van der Waals surface area (Å²) in [6.07, 6.45) is 8.80. The summed E-state index contributed by atoms with van der Waals surface area (Å²) in [5.74, 6) is -0.256. The molecule has 0 bridgehead atoms. The second-order valence-corrected chi connectivity index (χ2v) is 8.64. The van der Waals surface area contributed by atoms with Crippen LogP contribution >= 0.6 is 0 Å². The highest BCUT2D eigenvalue weighted by molar-refractivity contribution is 5.84. The number of carbonyl (C=O) groups excluding carboxylic acids is 1. The molecule has 0 N–H and O–H groups in total. The largest absolute Gasteiger partial charge is 0.458 e. The Kier molecular flexibility index (Phi) is 9.10. The number of carbonyl (C=O) groups is 1. The highest BCUT2D eigenvalue weighted by Crippen LogP contribution is 2.34. The lowest BCUT2D eigenvalue weighted by atomic mass is 9.91. The van der Waals surface area contributed by atoms with Gasteiger partial charge in [0.1, 0.15) is 6.10 Å². The van der Waals surface area contributed by atoms with Gasteiger partial charge in [0, 0.05) is 6.92 Å². The van der Waals surface area contributed by atoms with Crippen LogP contribution in [0.5, 0.6) is 0 Å². The van der Waals surface area contributed by atoms with Crippen LogP contribution in [0.1, 0.15) is 76.5 Å². The van der Waals surface area contributed by atoms with E-state index in [-0.39, 0.29) is 12.1 Å². The van der Waals surface area contributed by atoms with E-state index in [9.17, 15) is 4.79 Å². The van der Waals surface area contributed by atoms with Crippen LogP contribution in [0.4, 0.5) is 0 Å². The molecule has 0 saturated carbocycles. The Balaban J connectivity index is 1.81. The van der Waals surface area contributed by atoms with Crippen molar-refractivity contribution >= 4 is 5.97 Å². The Bertz CT molecular complexity index is 973. The lowest BCUT2D eigenvalue weighted by Crippen LogP contribution is -2.04. The van der Waals surface area contributed by atoms with Gasteiger partial charge < -0.3 is 4.74 Å². The minimum absolute atomic E-state index is 0.241. The first-order valence-electron chi connectivity index (χ1n) is 12.0. The summed E-state index contributed by atoms with van der Waals surface area (Å²) < 4.78 is 5.32. The van der Waals surface area contributed by atoms with Gasteiger partial charge in [-0.2, -0.15) is 0 Å². The Morgan fingerprint density at radius 3 is 2.12 bits per heavy atom. The van der Waals surface area contributed by atoms with E-state index < -0.39 is 0 Å². The summed E-state index contributed by atoms with van der Waals surface area (Å²) in [5, 5.41) is 0. The van der Waals surface area contributed by atoms with Crippen molar-refractivity contribution in [3.63, 3.8) is 0 Å².